The molecule has 2 fully saturated rings. The maximum Gasteiger partial charge on any atom is 0.306 e. The molecule has 290 valence electrons. The Morgan fingerprint density at radius 3 is 1.84 bits per heavy atom. The number of carbonyl (C=O) groups excluding carboxylic acids is 2. The number of hydrogen-bond acceptors (Lipinski definition) is 7. The standard InChI is InChI=1S/C41H48Cl2N8O4/c1-48-33-17-20-50(19-16-24-12-14-25(15-13-24)41(54)55)22-31(33)44-37(48)39(52)46-29-10-4-8-27(35(29)42)28-9-5-11-30(36(28)43)47-40(53)38-45-32-23-51(26-6-3-7-26)21-18-34(32)49(38)2/h4-5,8-11,24-26H,3,6-7,12-23H2,1-2H3,(H,46,52)(H,47,53)(H,54,55)/t24-,25-. The Morgan fingerprint density at radius 2 is 1.31 bits per heavy atom. The lowest BCUT2D eigenvalue weighted by Gasteiger charge is -2.39. The smallest absolute Gasteiger partial charge is 0.306 e. The molecule has 2 aliphatic heterocycles. The van der Waals surface area contributed by atoms with Crippen LogP contribution in [0.15, 0.2) is 36.4 Å². The monoisotopic (exact) mass is 786 g/mol. The van der Waals surface area contributed by atoms with Crippen molar-refractivity contribution >= 4 is 52.4 Å². The summed E-state index contributed by atoms with van der Waals surface area (Å²) < 4.78 is 3.77. The second-order valence-electron chi connectivity index (χ2n) is 15.7. The molecule has 2 aromatic heterocycles. The Bertz CT molecular complexity index is 2130. The SMILES string of the molecule is Cn1c(C(=O)Nc2cccc(-c3cccc(NC(=O)c4nc5c(n4C)CCN(C4CCC4)C5)c3Cl)c2Cl)nc2c1CCN(CC[C@H]1CC[C@H](C(=O)O)CC1)C2. The summed E-state index contributed by atoms with van der Waals surface area (Å²) in [6.45, 7) is 4.24. The Labute approximate surface area is 331 Å². The van der Waals surface area contributed by atoms with E-state index in [4.69, 9.17) is 33.2 Å². The summed E-state index contributed by atoms with van der Waals surface area (Å²) in [6, 6.07) is 11.4. The van der Waals surface area contributed by atoms with Gasteiger partial charge in [0.05, 0.1) is 38.7 Å². The highest BCUT2D eigenvalue weighted by molar-refractivity contribution is 6.40. The predicted molar refractivity (Wildman–Crippen MR) is 213 cm³/mol. The minimum absolute atomic E-state index is 0.195. The highest BCUT2D eigenvalue weighted by atomic mass is 35.5. The van der Waals surface area contributed by atoms with Crippen LogP contribution in [0.2, 0.25) is 10.0 Å². The van der Waals surface area contributed by atoms with Crippen LogP contribution < -0.4 is 10.6 Å². The van der Waals surface area contributed by atoms with Gasteiger partial charge in [-0.2, -0.15) is 0 Å². The van der Waals surface area contributed by atoms with Crippen LogP contribution in [-0.2, 0) is 44.8 Å². The topological polar surface area (TPSA) is 138 Å². The minimum Gasteiger partial charge on any atom is -0.481 e. The van der Waals surface area contributed by atoms with E-state index in [1.165, 1.54) is 19.3 Å². The number of benzene rings is 2. The van der Waals surface area contributed by atoms with Gasteiger partial charge in [0.2, 0.25) is 0 Å². The first-order valence-corrected chi connectivity index (χ1v) is 20.3. The molecule has 8 rings (SSSR count). The average molecular weight is 788 g/mol. The third-order valence-corrected chi connectivity index (χ3v) is 13.3. The van der Waals surface area contributed by atoms with Crippen LogP contribution in [0.25, 0.3) is 11.1 Å². The fourth-order valence-corrected chi connectivity index (χ4v) is 9.43. The molecule has 0 spiro atoms. The van der Waals surface area contributed by atoms with Crippen LogP contribution in [0, 0.1) is 11.8 Å². The van der Waals surface area contributed by atoms with Crippen molar-refractivity contribution in [2.45, 2.75) is 83.3 Å². The Balaban J connectivity index is 0.926. The maximum absolute atomic E-state index is 13.7. The Hall–Kier alpha value is -4.23. The molecule has 3 N–H and O–H groups in total. The summed E-state index contributed by atoms with van der Waals surface area (Å²) in [7, 11) is 3.77. The van der Waals surface area contributed by atoms with E-state index in [0.29, 0.717) is 62.7 Å². The van der Waals surface area contributed by atoms with E-state index >= 15 is 0 Å². The van der Waals surface area contributed by atoms with E-state index in [1.807, 2.05) is 41.4 Å². The van der Waals surface area contributed by atoms with Gasteiger partial charge in [-0.3, -0.25) is 24.2 Å². The number of halogens is 2. The summed E-state index contributed by atoms with van der Waals surface area (Å²) in [5.74, 6) is -0.340. The van der Waals surface area contributed by atoms with Gasteiger partial charge in [0.15, 0.2) is 11.6 Å². The van der Waals surface area contributed by atoms with Gasteiger partial charge in [0.1, 0.15) is 0 Å². The molecular formula is C41H48Cl2N8O4. The van der Waals surface area contributed by atoms with E-state index in [-0.39, 0.29) is 17.7 Å². The molecule has 0 atom stereocenters. The van der Waals surface area contributed by atoms with Crippen molar-refractivity contribution in [3.63, 3.8) is 0 Å². The van der Waals surface area contributed by atoms with E-state index < -0.39 is 5.97 Å². The predicted octanol–water partition coefficient (Wildman–Crippen LogP) is 7.18. The number of aromatic nitrogens is 4. The Kier molecular flexibility index (Phi) is 10.8. The van der Waals surface area contributed by atoms with E-state index in [1.54, 1.807) is 18.2 Å². The number of carbonyl (C=O) groups is 3. The van der Waals surface area contributed by atoms with E-state index in [9.17, 15) is 19.5 Å². The summed E-state index contributed by atoms with van der Waals surface area (Å²) in [6.07, 6.45) is 9.91. The van der Waals surface area contributed by atoms with E-state index in [2.05, 4.69) is 20.4 Å². The second kappa shape index (κ2) is 15.7. The summed E-state index contributed by atoms with van der Waals surface area (Å²) in [5.41, 5.74) is 6.09. The first kappa shape index (κ1) is 37.7. The molecule has 2 saturated carbocycles. The van der Waals surface area contributed by atoms with Crippen molar-refractivity contribution in [2.75, 3.05) is 30.3 Å². The van der Waals surface area contributed by atoms with Crippen molar-refractivity contribution < 1.29 is 19.5 Å². The highest BCUT2D eigenvalue weighted by Crippen LogP contribution is 2.41. The van der Waals surface area contributed by atoms with Gasteiger partial charge in [-0.25, -0.2) is 9.97 Å². The van der Waals surface area contributed by atoms with Gasteiger partial charge >= 0.3 is 5.97 Å². The van der Waals surface area contributed by atoms with Gasteiger partial charge < -0.3 is 24.9 Å². The molecule has 0 saturated heterocycles. The van der Waals surface area contributed by atoms with Gasteiger partial charge in [-0.05, 0) is 69.5 Å². The lowest BCUT2D eigenvalue weighted by Crippen LogP contribution is -2.43. The van der Waals surface area contributed by atoms with Gasteiger partial charge in [-0.15, -0.1) is 0 Å². The van der Waals surface area contributed by atoms with Crippen molar-refractivity contribution in [1.29, 1.82) is 0 Å². The number of rotatable bonds is 10. The first-order chi connectivity index (χ1) is 26.5. The number of imidazole rings is 2. The third kappa shape index (κ3) is 7.54. The number of amides is 2. The third-order valence-electron chi connectivity index (χ3n) is 12.5. The fraction of sp³-hybridized carbons (Fsp3) is 0.488. The molecule has 12 nitrogen and oxygen atoms in total. The summed E-state index contributed by atoms with van der Waals surface area (Å²) >= 11 is 13.9. The zero-order valence-corrected chi connectivity index (χ0v) is 32.9. The normalized spacial score (nSPS) is 20.4. The number of carboxylic acids is 1. The lowest BCUT2D eigenvalue weighted by atomic mass is 9.80. The minimum atomic E-state index is -0.668. The fourth-order valence-electron chi connectivity index (χ4n) is 8.88. The molecular weight excluding hydrogens is 739 g/mol. The van der Waals surface area contributed by atoms with Crippen LogP contribution in [0.4, 0.5) is 11.4 Å². The van der Waals surface area contributed by atoms with Crippen molar-refractivity contribution in [3.8, 4) is 11.1 Å². The number of nitrogens with zero attached hydrogens (tertiary/aromatic N) is 6. The first-order valence-electron chi connectivity index (χ1n) is 19.5. The molecule has 2 aromatic carbocycles. The molecule has 4 aliphatic rings. The molecule has 0 bridgehead atoms. The van der Waals surface area contributed by atoms with Gasteiger partial charge in [-0.1, -0.05) is 53.9 Å². The molecule has 2 amide bonds. The Morgan fingerprint density at radius 1 is 0.764 bits per heavy atom. The molecule has 4 aromatic rings. The van der Waals surface area contributed by atoms with Crippen molar-refractivity contribution in [1.82, 2.24) is 28.9 Å². The van der Waals surface area contributed by atoms with E-state index in [0.717, 1.165) is 93.9 Å². The second-order valence-corrected chi connectivity index (χ2v) is 16.4. The maximum atomic E-state index is 13.7. The van der Waals surface area contributed by atoms with Crippen molar-refractivity contribution in [3.05, 3.63) is 80.9 Å². The van der Waals surface area contributed by atoms with Crippen LogP contribution in [0.5, 0.6) is 0 Å². The summed E-state index contributed by atoms with van der Waals surface area (Å²) in [5, 5.41) is 15.9. The number of nitrogens with one attached hydrogen (secondary N) is 2. The van der Waals surface area contributed by atoms with Crippen LogP contribution in [0.3, 0.4) is 0 Å². The molecule has 55 heavy (non-hydrogen) atoms. The van der Waals surface area contributed by atoms with Gasteiger partial charge in [0.25, 0.3) is 11.8 Å². The molecule has 4 heterocycles. The largest absolute Gasteiger partial charge is 0.481 e. The quantitative estimate of drug-likeness (QED) is 0.154. The zero-order chi connectivity index (χ0) is 38.4. The van der Waals surface area contributed by atoms with Gasteiger partial charge in [0, 0.05) is 81.7 Å². The zero-order valence-electron chi connectivity index (χ0n) is 31.4. The molecule has 14 heteroatoms. The lowest BCUT2D eigenvalue weighted by molar-refractivity contribution is -0.143. The number of fused-ring (bicyclic) bond motifs is 2. The molecule has 2 aliphatic carbocycles. The van der Waals surface area contributed by atoms with Crippen LogP contribution >= 0.6 is 23.2 Å². The molecule has 0 radical (unpaired) electrons. The number of carboxylic acid groups (broad SMARTS) is 1. The number of anilines is 2. The number of hydrogen-bond donors (Lipinski definition) is 3. The van der Waals surface area contributed by atoms with Crippen molar-refractivity contribution in [2.24, 2.45) is 25.9 Å². The summed E-state index contributed by atoms with van der Waals surface area (Å²) in [4.78, 5) is 53.0. The average Bonchev–Trinajstić information content (AvgIpc) is 3.67. The number of aliphatic carboxylic acids is 1. The highest BCUT2D eigenvalue weighted by Gasteiger charge is 2.32. The van der Waals surface area contributed by atoms with Crippen LogP contribution in [-0.4, -0.2) is 77.5 Å². The molecule has 0 unspecified atom stereocenters. The van der Waals surface area contributed by atoms with Crippen LogP contribution in [0.1, 0.15) is 95.4 Å².